The molecule has 3 rings (SSSR count). The molecule has 0 saturated carbocycles. The van der Waals surface area contributed by atoms with Gasteiger partial charge >= 0.3 is 0 Å². The maximum atomic E-state index is 8.27. The molecule has 0 aliphatic heterocycles. The zero-order valence-corrected chi connectivity index (χ0v) is 11.5. The minimum absolute atomic E-state index is 0.150. The van der Waals surface area contributed by atoms with E-state index in [-0.39, 0.29) is 22.8 Å². The van der Waals surface area contributed by atoms with Crippen LogP contribution >= 0.6 is 0 Å². The molecule has 10 heteroatoms. The van der Waals surface area contributed by atoms with E-state index in [0.29, 0.717) is 0 Å². The lowest BCUT2D eigenvalue weighted by atomic mass is 10.4. The van der Waals surface area contributed by atoms with Crippen molar-refractivity contribution in [3.63, 3.8) is 0 Å². The molecule has 0 aliphatic carbocycles. The first-order chi connectivity index (χ1) is 11.3. The smallest absolute Gasteiger partial charge is 0.176 e. The number of nitriles is 4. The summed E-state index contributed by atoms with van der Waals surface area (Å²) in [7, 11) is 0. The van der Waals surface area contributed by atoms with Crippen molar-refractivity contribution in [2.24, 2.45) is 0 Å². The van der Waals surface area contributed by atoms with Crippen molar-refractivity contribution >= 4 is 0 Å². The molecule has 0 aliphatic rings. The van der Waals surface area contributed by atoms with Crippen LogP contribution in [-0.2, 0) is 0 Å². The Balaban J connectivity index is 0.000000180. The van der Waals surface area contributed by atoms with Crippen LogP contribution < -0.4 is 0 Å². The van der Waals surface area contributed by atoms with Gasteiger partial charge in [-0.25, -0.2) is 15.0 Å². The zero-order valence-electron chi connectivity index (χ0n) is 11.5. The molecule has 0 bridgehead atoms. The molecule has 0 saturated heterocycles. The van der Waals surface area contributed by atoms with Gasteiger partial charge in [-0.3, -0.25) is 0 Å². The molecule has 3 aromatic heterocycles. The predicted octanol–water partition coefficient (Wildman–Crippen LogP) is 0.716. The van der Waals surface area contributed by atoms with E-state index in [1.807, 2.05) is 0 Å². The van der Waals surface area contributed by atoms with E-state index in [9.17, 15) is 0 Å². The molecule has 3 N–H and O–H groups in total. The van der Waals surface area contributed by atoms with Crippen molar-refractivity contribution in [3.8, 4) is 24.3 Å². The van der Waals surface area contributed by atoms with Gasteiger partial charge < -0.3 is 15.0 Å². The molecule has 110 valence electrons. The molecule has 0 unspecified atom stereocenters. The number of H-pyrrole nitrogens is 3. The topological polar surface area (TPSA) is 181 Å². The van der Waals surface area contributed by atoms with E-state index in [1.165, 1.54) is 12.7 Å². The average molecular weight is 304 g/mol. The minimum atomic E-state index is 0.150. The fraction of sp³-hybridized carbons (Fsp3) is 0. The van der Waals surface area contributed by atoms with Crippen molar-refractivity contribution in [1.29, 1.82) is 21.0 Å². The second kappa shape index (κ2) is 9.49. The first-order valence-electron chi connectivity index (χ1n) is 5.86. The lowest BCUT2D eigenvalue weighted by Crippen LogP contribution is -1.77. The normalized spacial score (nSPS) is 7.83. The molecule has 3 aromatic rings. The second-order valence-electron chi connectivity index (χ2n) is 3.46. The third-order valence-electron chi connectivity index (χ3n) is 2.12. The van der Waals surface area contributed by atoms with Gasteiger partial charge in [-0.05, 0) is 0 Å². The highest BCUT2D eigenvalue weighted by atomic mass is 14.9. The van der Waals surface area contributed by atoms with Crippen LogP contribution in [0.25, 0.3) is 0 Å². The van der Waals surface area contributed by atoms with E-state index in [1.54, 1.807) is 43.0 Å². The van der Waals surface area contributed by atoms with Crippen molar-refractivity contribution < 1.29 is 0 Å². The van der Waals surface area contributed by atoms with Gasteiger partial charge in [0.2, 0.25) is 0 Å². The maximum absolute atomic E-state index is 8.27. The lowest BCUT2D eigenvalue weighted by Gasteiger charge is -1.73. The van der Waals surface area contributed by atoms with Crippen LogP contribution in [0.1, 0.15) is 22.8 Å². The van der Waals surface area contributed by atoms with Crippen molar-refractivity contribution in [2.45, 2.75) is 0 Å². The Bertz CT molecular complexity index is 736. The summed E-state index contributed by atoms with van der Waals surface area (Å²) in [6.07, 6.45) is 7.72. The number of hydrogen-bond donors (Lipinski definition) is 3. The van der Waals surface area contributed by atoms with Gasteiger partial charge in [0.25, 0.3) is 0 Å². The van der Waals surface area contributed by atoms with Crippen LogP contribution in [-0.4, -0.2) is 29.9 Å². The van der Waals surface area contributed by atoms with Crippen LogP contribution in [0.4, 0.5) is 0 Å². The van der Waals surface area contributed by atoms with E-state index >= 15 is 0 Å². The monoisotopic (exact) mass is 304 g/mol. The van der Waals surface area contributed by atoms with Gasteiger partial charge in [-0.2, -0.15) is 21.0 Å². The highest BCUT2D eigenvalue weighted by Gasteiger charge is 2.00. The SMILES string of the molecule is N#Cc1nc[nH]c1C#N.N#Cc1nc[nH]c1C#N.c1c[nH]cn1. The van der Waals surface area contributed by atoms with Gasteiger partial charge in [0.15, 0.2) is 22.8 Å². The summed E-state index contributed by atoms with van der Waals surface area (Å²) in [6, 6.07) is 7.10. The predicted molar refractivity (Wildman–Crippen MR) is 74.6 cm³/mol. The van der Waals surface area contributed by atoms with E-state index in [2.05, 4.69) is 29.9 Å². The second-order valence-corrected chi connectivity index (χ2v) is 3.46. The molecular formula is C13H8N10. The third-order valence-corrected chi connectivity index (χ3v) is 2.12. The molecule has 0 fully saturated rings. The maximum Gasteiger partial charge on any atom is 0.176 e. The number of imidazole rings is 3. The molecule has 0 amide bonds. The van der Waals surface area contributed by atoms with Crippen molar-refractivity contribution in [2.75, 3.05) is 0 Å². The standard InChI is InChI=1S/2C5H2N4.C3H4N2/c2*6-1-4-5(2-7)9-3-8-4;1-2-5-3-4-1/h2*3H,(H,8,9);1-3H,(H,4,5). The highest BCUT2D eigenvalue weighted by molar-refractivity contribution is 5.34. The summed E-state index contributed by atoms with van der Waals surface area (Å²) < 4.78 is 0. The third kappa shape index (κ3) is 5.23. The quantitative estimate of drug-likeness (QED) is 0.546. The number of nitrogens with one attached hydrogen (secondary N) is 3. The number of nitrogens with zero attached hydrogens (tertiary/aromatic N) is 7. The Morgan fingerprint density at radius 2 is 1.26 bits per heavy atom. The van der Waals surface area contributed by atoms with Crippen LogP contribution in [0, 0.1) is 45.3 Å². The van der Waals surface area contributed by atoms with Gasteiger partial charge in [0, 0.05) is 12.4 Å². The number of aromatic amines is 3. The lowest BCUT2D eigenvalue weighted by molar-refractivity contribution is 1.29. The summed E-state index contributed by atoms with van der Waals surface area (Å²) in [5.41, 5.74) is 0.741. The molecule has 0 spiro atoms. The number of rotatable bonds is 0. The summed E-state index contributed by atoms with van der Waals surface area (Å²) in [5, 5.41) is 33.0. The molecule has 23 heavy (non-hydrogen) atoms. The average Bonchev–Trinajstić information content (AvgIpc) is 3.37. The Labute approximate surface area is 130 Å². The van der Waals surface area contributed by atoms with Crippen molar-refractivity contribution in [1.82, 2.24) is 29.9 Å². The molecule has 0 atom stereocenters. The molecular weight excluding hydrogens is 296 g/mol. The Morgan fingerprint density at radius 1 is 0.739 bits per heavy atom. The summed E-state index contributed by atoms with van der Waals surface area (Å²) in [4.78, 5) is 18.6. The first-order valence-corrected chi connectivity index (χ1v) is 5.86. The van der Waals surface area contributed by atoms with E-state index < -0.39 is 0 Å². The van der Waals surface area contributed by atoms with E-state index in [4.69, 9.17) is 21.0 Å². The highest BCUT2D eigenvalue weighted by Crippen LogP contribution is 1.96. The summed E-state index contributed by atoms with van der Waals surface area (Å²) in [5.74, 6) is 0. The first kappa shape index (κ1) is 16.6. The van der Waals surface area contributed by atoms with Crippen LogP contribution in [0.2, 0.25) is 0 Å². The van der Waals surface area contributed by atoms with Gasteiger partial charge in [0.05, 0.1) is 19.0 Å². The molecule has 3 heterocycles. The van der Waals surface area contributed by atoms with Gasteiger partial charge in [0.1, 0.15) is 24.3 Å². The Kier molecular flexibility index (Phi) is 6.87. The van der Waals surface area contributed by atoms with Crippen molar-refractivity contribution in [3.05, 3.63) is 54.2 Å². The largest absolute Gasteiger partial charge is 0.351 e. The molecule has 0 radical (unpaired) electrons. The Morgan fingerprint density at radius 3 is 1.48 bits per heavy atom. The minimum Gasteiger partial charge on any atom is -0.351 e. The molecule has 10 nitrogen and oxygen atoms in total. The van der Waals surface area contributed by atoms with Crippen LogP contribution in [0.5, 0.6) is 0 Å². The number of hydrogen-bond acceptors (Lipinski definition) is 7. The van der Waals surface area contributed by atoms with E-state index in [0.717, 1.165) is 0 Å². The van der Waals surface area contributed by atoms with Gasteiger partial charge in [-0.15, -0.1) is 0 Å². The fourth-order valence-electron chi connectivity index (χ4n) is 1.14. The van der Waals surface area contributed by atoms with Gasteiger partial charge in [-0.1, -0.05) is 0 Å². The molecule has 0 aromatic carbocycles. The fourth-order valence-corrected chi connectivity index (χ4v) is 1.14. The zero-order chi connectivity index (χ0) is 16.9. The Hall–Kier alpha value is -4.41. The number of aromatic nitrogens is 6. The summed E-state index contributed by atoms with van der Waals surface area (Å²) >= 11 is 0. The summed E-state index contributed by atoms with van der Waals surface area (Å²) in [6.45, 7) is 0. The van der Waals surface area contributed by atoms with Crippen LogP contribution in [0.15, 0.2) is 31.4 Å². The van der Waals surface area contributed by atoms with Crippen LogP contribution in [0.3, 0.4) is 0 Å².